The molecule has 0 spiro atoms. The molecule has 4 nitrogen and oxygen atoms in total. The van der Waals surface area contributed by atoms with E-state index >= 15 is 0 Å². The van der Waals surface area contributed by atoms with E-state index in [1.807, 2.05) is 0 Å². The van der Waals surface area contributed by atoms with Crippen molar-refractivity contribution in [2.75, 3.05) is 13.1 Å². The molecule has 2 atom stereocenters. The number of aliphatic hydroxyl groups is 1. The average molecular weight is 332 g/mol. The first-order valence-corrected chi connectivity index (χ1v) is 8.12. The van der Waals surface area contributed by atoms with Gasteiger partial charge in [0, 0.05) is 30.3 Å². The van der Waals surface area contributed by atoms with Crippen molar-refractivity contribution in [2.24, 2.45) is 5.92 Å². The van der Waals surface area contributed by atoms with E-state index in [-0.39, 0.29) is 22.6 Å². The van der Waals surface area contributed by atoms with Crippen LogP contribution >= 0.6 is 0 Å². The van der Waals surface area contributed by atoms with Crippen molar-refractivity contribution in [1.29, 1.82) is 0 Å². The molecule has 2 bridgehead atoms. The molecule has 2 unspecified atom stereocenters. The molecule has 3 heterocycles. The van der Waals surface area contributed by atoms with E-state index in [0.717, 1.165) is 43.4 Å². The lowest BCUT2D eigenvalue weighted by molar-refractivity contribution is 0.253. The highest BCUT2D eigenvalue weighted by Crippen LogP contribution is 2.34. The van der Waals surface area contributed by atoms with Crippen LogP contribution < -0.4 is 10.9 Å². The molecule has 0 amide bonds. The second-order valence-corrected chi connectivity index (χ2v) is 6.62. The van der Waals surface area contributed by atoms with E-state index < -0.39 is 18.2 Å². The number of aromatic nitrogens is 1. The molecule has 0 radical (unpaired) electrons. The van der Waals surface area contributed by atoms with Gasteiger partial charge in [-0.05, 0) is 48.7 Å². The first-order valence-electron chi connectivity index (χ1n) is 8.12. The summed E-state index contributed by atoms with van der Waals surface area (Å²) in [5, 5.41) is 13.1. The van der Waals surface area contributed by atoms with E-state index in [0.29, 0.717) is 18.0 Å². The number of hydrogen-bond donors (Lipinski definition) is 2. The molecule has 1 saturated heterocycles. The zero-order valence-corrected chi connectivity index (χ0v) is 13.1. The minimum Gasteiger partial charge on any atom is -0.392 e. The molecule has 4 rings (SSSR count). The standard InChI is InChI=1S/C18H18F2N2O2/c19-13-1-2-15(20)14(5-13)17-12(9-23)4-16-11-3-10(6-21-7-11)8-22(16)18(17)24/h1-2,4-5,10-11,21,23H,3,6-9H2. The van der Waals surface area contributed by atoms with Crippen LogP contribution in [-0.4, -0.2) is 22.8 Å². The molecular formula is C18H18F2N2O2. The van der Waals surface area contributed by atoms with Gasteiger partial charge in [-0.15, -0.1) is 0 Å². The third kappa shape index (κ3) is 2.37. The van der Waals surface area contributed by atoms with E-state index in [1.54, 1.807) is 10.6 Å². The van der Waals surface area contributed by atoms with Crippen molar-refractivity contribution >= 4 is 0 Å². The fraction of sp³-hybridized carbons (Fsp3) is 0.389. The van der Waals surface area contributed by atoms with Crippen molar-refractivity contribution in [2.45, 2.75) is 25.5 Å². The first kappa shape index (κ1) is 15.5. The van der Waals surface area contributed by atoms with Crippen LogP contribution in [0, 0.1) is 17.6 Å². The number of piperidine rings is 1. The van der Waals surface area contributed by atoms with Gasteiger partial charge in [0.15, 0.2) is 0 Å². The zero-order chi connectivity index (χ0) is 16.8. The Morgan fingerprint density at radius 3 is 2.88 bits per heavy atom. The van der Waals surface area contributed by atoms with Gasteiger partial charge in [0.2, 0.25) is 0 Å². The average Bonchev–Trinajstić information content (AvgIpc) is 2.58. The molecular weight excluding hydrogens is 314 g/mol. The van der Waals surface area contributed by atoms with Crippen molar-refractivity contribution < 1.29 is 13.9 Å². The topological polar surface area (TPSA) is 54.3 Å². The number of nitrogens with one attached hydrogen (secondary N) is 1. The summed E-state index contributed by atoms with van der Waals surface area (Å²) in [6, 6.07) is 4.82. The molecule has 1 fully saturated rings. The molecule has 2 aliphatic heterocycles. The molecule has 0 saturated carbocycles. The molecule has 1 aromatic heterocycles. The number of fused-ring (bicyclic) bond motifs is 4. The van der Waals surface area contributed by atoms with Crippen molar-refractivity contribution in [3.8, 4) is 11.1 Å². The number of halogens is 2. The summed E-state index contributed by atoms with van der Waals surface area (Å²) in [7, 11) is 0. The van der Waals surface area contributed by atoms with E-state index in [2.05, 4.69) is 5.32 Å². The summed E-state index contributed by atoms with van der Waals surface area (Å²) in [4.78, 5) is 13.0. The Labute approximate surface area is 137 Å². The second-order valence-electron chi connectivity index (χ2n) is 6.62. The predicted octanol–water partition coefficient (Wildman–Crippen LogP) is 1.99. The summed E-state index contributed by atoms with van der Waals surface area (Å²) >= 11 is 0. The van der Waals surface area contributed by atoms with Crippen LogP contribution in [0.15, 0.2) is 29.1 Å². The van der Waals surface area contributed by atoms with E-state index in [1.165, 1.54) is 0 Å². The summed E-state index contributed by atoms with van der Waals surface area (Å²) < 4.78 is 29.5. The Morgan fingerprint density at radius 1 is 1.25 bits per heavy atom. The van der Waals surface area contributed by atoms with Crippen molar-refractivity contribution in [3.63, 3.8) is 0 Å². The maximum absolute atomic E-state index is 14.2. The van der Waals surface area contributed by atoms with Crippen LogP contribution in [0.1, 0.15) is 23.6 Å². The number of aliphatic hydroxyl groups excluding tert-OH is 1. The van der Waals surface area contributed by atoms with Crippen LogP contribution in [0.4, 0.5) is 8.78 Å². The lowest BCUT2D eigenvalue weighted by Crippen LogP contribution is -2.45. The maximum atomic E-state index is 14.2. The second kappa shape index (κ2) is 5.79. The SMILES string of the molecule is O=c1c(-c2cc(F)ccc2F)c(CO)cc2n1CC1CNCC2C1. The number of pyridine rings is 1. The fourth-order valence-corrected chi connectivity index (χ4v) is 4.00. The highest BCUT2D eigenvalue weighted by atomic mass is 19.1. The van der Waals surface area contributed by atoms with Gasteiger partial charge in [0.05, 0.1) is 12.2 Å². The maximum Gasteiger partial charge on any atom is 0.259 e. The Kier molecular flexibility index (Phi) is 3.73. The van der Waals surface area contributed by atoms with E-state index in [9.17, 15) is 18.7 Å². The lowest BCUT2D eigenvalue weighted by Gasteiger charge is -2.38. The molecule has 2 aliphatic rings. The predicted molar refractivity (Wildman–Crippen MR) is 85.7 cm³/mol. The largest absolute Gasteiger partial charge is 0.392 e. The zero-order valence-electron chi connectivity index (χ0n) is 13.1. The number of rotatable bonds is 2. The third-order valence-corrected chi connectivity index (χ3v) is 5.08. The monoisotopic (exact) mass is 332 g/mol. The molecule has 24 heavy (non-hydrogen) atoms. The Bertz CT molecular complexity index is 863. The van der Waals surface area contributed by atoms with Crippen LogP contribution in [0.2, 0.25) is 0 Å². The Balaban J connectivity index is 1.97. The van der Waals surface area contributed by atoms with Gasteiger partial charge in [-0.2, -0.15) is 0 Å². The van der Waals surface area contributed by atoms with Gasteiger partial charge in [-0.3, -0.25) is 4.79 Å². The number of nitrogens with zero attached hydrogens (tertiary/aromatic N) is 1. The van der Waals surface area contributed by atoms with E-state index in [4.69, 9.17) is 0 Å². The summed E-state index contributed by atoms with van der Waals surface area (Å²) in [6.45, 7) is 1.81. The smallest absolute Gasteiger partial charge is 0.259 e. The van der Waals surface area contributed by atoms with Gasteiger partial charge in [0.25, 0.3) is 5.56 Å². The fourth-order valence-electron chi connectivity index (χ4n) is 4.00. The Morgan fingerprint density at radius 2 is 2.08 bits per heavy atom. The summed E-state index contributed by atoms with van der Waals surface area (Å²) in [6.07, 6.45) is 1.00. The molecule has 6 heteroatoms. The first-order chi connectivity index (χ1) is 11.6. The van der Waals surface area contributed by atoms with Crippen LogP contribution in [-0.2, 0) is 13.2 Å². The number of hydrogen-bond acceptors (Lipinski definition) is 3. The van der Waals surface area contributed by atoms with Gasteiger partial charge in [0.1, 0.15) is 11.6 Å². The summed E-state index contributed by atoms with van der Waals surface area (Å²) in [5.41, 5.74) is 0.838. The highest BCUT2D eigenvalue weighted by Gasteiger charge is 2.32. The Hall–Kier alpha value is -2.05. The van der Waals surface area contributed by atoms with Crippen LogP contribution in [0.25, 0.3) is 11.1 Å². The van der Waals surface area contributed by atoms with Crippen LogP contribution in [0.3, 0.4) is 0 Å². The van der Waals surface area contributed by atoms with Gasteiger partial charge >= 0.3 is 0 Å². The van der Waals surface area contributed by atoms with Gasteiger partial charge < -0.3 is 15.0 Å². The van der Waals surface area contributed by atoms with Crippen LogP contribution in [0.5, 0.6) is 0 Å². The summed E-state index contributed by atoms with van der Waals surface area (Å²) in [5.74, 6) is -0.707. The third-order valence-electron chi connectivity index (χ3n) is 5.08. The molecule has 126 valence electrons. The lowest BCUT2D eigenvalue weighted by atomic mass is 9.83. The minimum atomic E-state index is -0.665. The quantitative estimate of drug-likeness (QED) is 0.884. The van der Waals surface area contributed by atoms with Gasteiger partial charge in [-0.25, -0.2) is 8.78 Å². The normalized spacial score (nSPS) is 22.3. The van der Waals surface area contributed by atoms with Gasteiger partial charge in [-0.1, -0.05) is 0 Å². The van der Waals surface area contributed by atoms with Crippen molar-refractivity contribution in [3.05, 3.63) is 57.5 Å². The molecule has 0 aliphatic carbocycles. The molecule has 2 N–H and O–H groups in total. The van der Waals surface area contributed by atoms with Crippen molar-refractivity contribution in [1.82, 2.24) is 9.88 Å². The minimum absolute atomic E-state index is 0.0613. The molecule has 1 aromatic carbocycles. The highest BCUT2D eigenvalue weighted by molar-refractivity contribution is 5.67. The number of benzene rings is 1. The molecule has 2 aromatic rings.